The summed E-state index contributed by atoms with van der Waals surface area (Å²) in [6.45, 7) is 3.07. The van der Waals surface area contributed by atoms with Gasteiger partial charge in [0.05, 0.1) is 22.7 Å². The van der Waals surface area contributed by atoms with E-state index in [-0.39, 0.29) is 11.5 Å². The van der Waals surface area contributed by atoms with E-state index in [1.807, 2.05) is 6.92 Å². The van der Waals surface area contributed by atoms with Gasteiger partial charge in [-0.25, -0.2) is 0 Å². The number of hydrogen-bond donors (Lipinski definition) is 0. The van der Waals surface area contributed by atoms with Crippen molar-refractivity contribution in [3.8, 4) is 0 Å². The third-order valence-corrected chi connectivity index (χ3v) is 4.58. The van der Waals surface area contributed by atoms with Gasteiger partial charge in [-0.05, 0) is 33.4 Å². The van der Waals surface area contributed by atoms with Crippen LogP contribution in [-0.2, 0) is 15.5 Å². The Balaban J connectivity index is 1.98. The fourth-order valence-electron chi connectivity index (χ4n) is 2.25. The Bertz CT molecular complexity index is 222. The maximum Gasteiger partial charge on any atom is 0.130 e. The standard InChI is InChI=1S/C9H17NO2S/c1-7-12-9(6-13(7)11)8-4-3-5-10(8)2/h7-9H,3-6H2,1-2H3/t7-,8-,9+,13+/m0/s1. The summed E-state index contributed by atoms with van der Waals surface area (Å²) in [6.07, 6.45) is 2.66. The van der Waals surface area contributed by atoms with Gasteiger partial charge in [-0.3, -0.25) is 4.21 Å². The lowest BCUT2D eigenvalue weighted by atomic mass is 10.1. The van der Waals surface area contributed by atoms with Crippen molar-refractivity contribution < 1.29 is 8.95 Å². The average Bonchev–Trinajstić information content (AvgIpc) is 2.60. The highest BCUT2D eigenvalue weighted by atomic mass is 32.2. The Morgan fingerprint density at radius 3 is 2.77 bits per heavy atom. The van der Waals surface area contributed by atoms with Crippen LogP contribution >= 0.6 is 0 Å². The Hall–Kier alpha value is 0.0700. The first-order chi connectivity index (χ1) is 6.18. The lowest BCUT2D eigenvalue weighted by Crippen LogP contribution is -2.38. The SMILES string of the molecule is C[C@H]1O[C@@H]([C@@H]2CCCN2C)C[S@]1=O. The van der Waals surface area contributed by atoms with E-state index in [1.165, 1.54) is 12.8 Å². The fraction of sp³-hybridized carbons (Fsp3) is 1.00. The van der Waals surface area contributed by atoms with E-state index < -0.39 is 10.8 Å². The number of hydrogen-bond acceptors (Lipinski definition) is 3. The normalized spacial score (nSPS) is 47.2. The molecule has 0 N–H and O–H groups in total. The molecule has 2 saturated heterocycles. The minimum Gasteiger partial charge on any atom is -0.359 e. The number of nitrogens with zero attached hydrogens (tertiary/aromatic N) is 1. The van der Waals surface area contributed by atoms with Crippen LogP contribution in [0.25, 0.3) is 0 Å². The van der Waals surface area contributed by atoms with E-state index in [9.17, 15) is 4.21 Å². The lowest BCUT2D eigenvalue weighted by Gasteiger charge is -2.24. The molecule has 13 heavy (non-hydrogen) atoms. The minimum absolute atomic E-state index is 0.0565. The van der Waals surface area contributed by atoms with Gasteiger partial charge < -0.3 is 9.64 Å². The highest BCUT2D eigenvalue weighted by molar-refractivity contribution is 7.85. The van der Waals surface area contributed by atoms with Crippen LogP contribution in [0.5, 0.6) is 0 Å². The topological polar surface area (TPSA) is 29.5 Å². The van der Waals surface area contributed by atoms with E-state index in [0.29, 0.717) is 6.04 Å². The Morgan fingerprint density at radius 1 is 1.54 bits per heavy atom. The first kappa shape index (κ1) is 9.62. The Labute approximate surface area is 81.9 Å². The highest BCUT2D eigenvalue weighted by Crippen LogP contribution is 2.26. The zero-order chi connectivity index (χ0) is 9.42. The summed E-state index contributed by atoms with van der Waals surface area (Å²) < 4.78 is 17.1. The lowest BCUT2D eigenvalue weighted by molar-refractivity contribution is 0.0250. The minimum atomic E-state index is -0.758. The molecule has 0 bridgehead atoms. The zero-order valence-corrected chi connectivity index (χ0v) is 9.05. The van der Waals surface area contributed by atoms with Crippen LogP contribution in [0.1, 0.15) is 19.8 Å². The number of likely N-dealkylation sites (N-methyl/N-ethyl adjacent to an activating group) is 1. The van der Waals surface area contributed by atoms with Crippen LogP contribution in [0.3, 0.4) is 0 Å². The second-order valence-electron chi connectivity index (χ2n) is 3.98. The molecule has 0 aromatic heterocycles. The molecular weight excluding hydrogens is 186 g/mol. The van der Waals surface area contributed by atoms with E-state index in [0.717, 1.165) is 12.3 Å². The van der Waals surface area contributed by atoms with E-state index in [2.05, 4.69) is 11.9 Å². The fourth-order valence-corrected chi connectivity index (χ4v) is 3.41. The van der Waals surface area contributed by atoms with Gasteiger partial charge in [-0.15, -0.1) is 0 Å². The molecule has 4 atom stereocenters. The molecule has 3 nitrogen and oxygen atoms in total. The first-order valence-corrected chi connectivity index (χ1v) is 6.29. The highest BCUT2D eigenvalue weighted by Gasteiger charge is 2.38. The average molecular weight is 203 g/mol. The van der Waals surface area contributed by atoms with Gasteiger partial charge >= 0.3 is 0 Å². The molecule has 0 aromatic rings. The molecule has 0 radical (unpaired) electrons. The summed E-state index contributed by atoms with van der Waals surface area (Å²) >= 11 is 0. The molecule has 0 saturated carbocycles. The summed E-state index contributed by atoms with van der Waals surface area (Å²) in [7, 11) is 1.37. The Morgan fingerprint density at radius 2 is 2.31 bits per heavy atom. The molecule has 2 rings (SSSR count). The van der Waals surface area contributed by atoms with Gasteiger partial charge in [0, 0.05) is 6.04 Å². The van der Waals surface area contributed by atoms with Gasteiger partial charge in [-0.1, -0.05) is 0 Å². The van der Waals surface area contributed by atoms with Gasteiger partial charge in [0.15, 0.2) is 0 Å². The van der Waals surface area contributed by atoms with Crippen molar-refractivity contribution in [2.75, 3.05) is 19.3 Å². The summed E-state index contributed by atoms with van der Waals surface area (Å²) in [4.78, 5) is 2.33. The molecular formula is C9H17NO2S. The van der Waals surface area contributed by atoms with Gasteiger partial charge in [0.25, 0.3) is 0 Å². The van der Waals surface area contributed by atoms with Crippen molar-refractivity contribution in [3.63, 3.8) is 0 Å². The van der Waals surface area contributed by atoms with Crippen LogP contribution in [0.4, 0.5) is 0 Å². The molecule has 4 heteroatoms. The zero-order valence-electron chi connectivity index (χ0n) is 8.23. The maximum atomic E-state index is 11.4. The van der Waals surface area contributed by atoms with E-state index in [1.54, 1.807) is 0 Å². The molecule has 2 fully saturated rings. The van der Waals surface area contributed by atoms with Crippen LogP contribution in [0, 0.1) is 0 Å². The van der Waals surface area contributed by atoms with Crippen molar-refractivity contribution in [1.82, 2.24) is 4.90 Å². The Kier molecular flexibility index (Phi) is 2.72. The molecule has 0 spiro atoms. The molecule has 76 valence electrons. The van der Waals surface area contributed by atoms with Gasteiger partial charge in [0.1, 0.15) is 5.44 Å². The number of rotatable bonds is 1. The summed E-state index contributed by atoms with van der Waals surface area (Å²) in [5.41, 5.74) is -0.0565. The summed E-state index contributed by atoms with van der Waals surface area (Å²) in [6, 6.07) is 0.508. The van der Waals surface area contributed by atoms with Crippen molar-refractivity contribution in [1.29, 1.82) is 0 Å². The molecule has 0 aromatic carbocycles. The first-order valence-electron chi connectivity index (χ1n) is 4.91. The molecule has 0 unspecified atom stereocenters. The molecule has 0 amide bonds. The third-order valence-electron chi connectivity index (χ3n) is 3.07. The predicted octanol–water partition coefficient (Wildman–Crippen LogP) is 0.574. The molecule has 0 aliphatic carbocycles. The molecule has 2 aliphatic heterocycles. The van der Waals surface area contributed by atoms with Crippen LogP contribution in [0.15, 0.2) is 0 Å². The smallest absolute Gasteiger partial charge is 0.130 e. The van der Waals surface area contributed by atoms with Crippen molar-refractivity contribution in [2.24, 2.45) is 0 Å². The number of likely N-dealkylation sites (tertiary alicyclic amines) is 1. The van der Waals surface area contributed by atoms with Crippen molar-refractivity contribution in [2.45, 2.75) is 37.3 Å². The van der Waals surface area contributed by atoms with E-state index in [4.69, 9.17) is 4.74 Å². The maximum absolute atomic E-state index is 11.4. The van der Waals surface area contributed by atoms with Gasteiger partial charge in [-0.2, -0.15) is 0 Å². The number of ether oxygens (including phenoxy) is 1. The third kappa shape index (κ3) is 1.80. The second-order valence-corrected chi connectivity index (χ2v) is 5.74. The van der Waals surface area contributed by atoms with E-state index >= 15 is 0 Å². The molecule has 2 aliphatic rings. The largest absolute Gasteiger partial charge is 0.359 e. The van der Waals surface area contributed by atoms with Crippen LogP contribution < -0.4 is 0 Å². The monoisotopic (exact) mass is 203 g/mol. The van der Waals surface area contributed by atoms with Crippen molar-refractivity contribution >= 4 is 10.8 Å². The van der Waals surface area contributed by atoms with Crippen LogP contribution in [0.2, 0.25) is 0 Å². The van der Waals surface area contributed by atoms with Gasteiger partial charge in [0.2, 0.25) is 0 Å². The summed E-state index contributed by atoms with van der Waals surface area (Å²) in [5.74, 6) is 0.732. The second kappa shape index (κ2) is 3.67. The predicted molar refractivity (Wildman–Crippen MR) is 53.0 cm³/mol. The van der Waals surface area contributed by atoms with Crippen molar-refractivity contribution in [3.05, 3.63) is 0 Å². The summed E-state index contributed by atoms with van der Waals surface area (Å²) in [5, 5.41) is 0. The quantitative estimate of drug-likeness (QED) is 0.624. The molecule has 2 heterocycles. The van der Waals surface area contributed by atoms with Crippen LogP contribution in [-0.4, -0.2) is 46.0 Å².